The van der Waals surface area contributed by atoms with Gasteiger partial charge in [-0.1, -0.05) is 13.3 Å². The Morgan fingerprint density at radius 1 is 1.28 bits per heavy atom. The summed E-state index contributed by atoms with van der Waals surface area (Å²) in [5.41, 5.74) is 5.40. The summed E-state index contributed by atoms with van der Waals surface area (Å²) in [4.78, 5) is -0.205. The third kappa shape index (κ3) is 4.69. The maximum Gasteiger partial charge on any atom is 0.243 e. The van der Waals surface area contributed by atoms with E-state index < -0.39 is 25.9 Å². The predicted molar refractivity (Wildman–Crippen MR) is 94.7 cm³/mol. The number of sulfonamides is 2. The summed E-state index contributed by atoms with van der Waals surface area (Å²) >= 11 is 0. The minimum atomic E-state index is -3.88. The minimum Gasteiger partial charge on any atom is -0.329 e. The molecule has 0 bridgehead atoms. The number of hydrogen-bond acceptors (Lipinski definition) is 5. The van der Waals surface area contributed by atoms with Crippen molar-refractivity contribution in [3.05, 3.63) is 24.0 Å². The predicted octanol–water partition coefficient (Wildman–Crippen LogP) is 1.48. The van der Waals surface area contributed by atoms with Gasteiger partial charge in [0.25, 0.3) is 0 Å². The molecule has 1 unspecified atom stereocenters. The van der Waals surface area contributed by atoms with Crippen LogP contribution in [0.25, 0.3) is 0 Å². The van der Waals surface area contributed by atoms with Crippen LogP contribution in [0.1, 0.15) is 32.6 Å². The lowest BCUT2D eigenvalue weighted by molar-refractivity contribution is 0.257. The van der Waals surface area contributed by atoms with Gasteiger partial charge in [0.2, 0.25) is 20.0 Å². The number of halogens is 1. The van der Waals surface area contributed by atoms with Gasteiger partial charge in [-0.15, -0.1) is 0 Å². The average Bonchev–Trinajstić information content (AvgIpc) is 2.56. The summed E-state index contributed by atoms with van der Waals surface area (Å²) < 4.78 is 66.7. The SMILES string of the molecule is CCCS(=O)(=O)Nc1ccc(S(=O)(=O)N2CCCCC2CN)cc1F. The van der Waals surface area contributed by atoms with Crippen LogP contribution >= 0.6 is 0 Å². The first-order valence-electron chi connectivity index (χ1n) is 8.23. The highest BCUT2D eigenvalue weighted by molar-refractivity contribution is 7.92. The molecule has 1 heterocycles. The smallest absolute Gasteiger partial charge is 0.243 e. The molecule has 1 fully saturated rings. The second-order valence-electron chi connectivity index (χ2n) is 6.06. The van der Waals surface area contributed by atoms with Gasteiger partial charge in [-0.25, -0.2) is 21.2 Å². The van der Waals surface area contributed by atoms with E-state index in [-0.39, 0.29) is 28.9 Å². The maximum atomic E-state index is 14.3. The fourth-order valence-corrected chi connectivity index (χ4v) is 5.74. The molecule has 10 heteroatoms. The van der Waals surface area contributed by atoms with Gasteiger partial charge >= 0.3 is 0 Å². The highest BCUT2D eigenvalue weighted by Crippen LogP contribution is 2.27. The molecule has 1 atom stereocenters. The van der Waals surface area contributed by atoms with Gasteiger partial charge < -0.3 is 5.73 Å². The number of piperidine rings is 1. The summed E-state index contributed by atoms with van der Waals surface area (Å²) in [7, 11) is -7.54. The molecule has 0 radical (unpaired) electrons. The van der Waals surface area contributed by atoms with E-state index in [1.54, 1.807) is 6.92 Å². The lowest BCUT2D eigenvalue weighted by Crippen LogP contribution is -2.47. The van der Waals surface area contributed by atoms with Gasteiger partial charge in [-0.3, -0.25) is 4.72 Å². The monoisotopic (exact) mass is 393 g/mol. The zero-order valence-electron chi connectivity index (χ0n) is 14.1. The molecule has 1 aliphatic heterocycles. The third-order valence-electron chi connectivity index (χ3n) is 4.13. The van der Waals surface area contributed by atoms with E-state index >= 15 is 0 Å². The Bertz CT molecular complexity index is 812. The molecule has 0 aliphatic carbocycles. The molecular weight excluding hydrogens is 369 g/mol. The third-order valence-corrected chi connectivity index (χ3v) is 7.56. The molecule has 3 N–H and O–H groups in total. The minimum absolute atomic E-state index is 0.140. The Balaban J connectivity index is 2.30. The Labute approximate surface area is 148 Å². The zero-order chi connectivity index (χ0) is 18.7. The number of anilines is 1. The number of nitrogens with two attached hydrogens (primary N) is 1. The van der Waals surface area contributed by atoms with Crippen LogP contribution in [0.3, 0.4) is 0 Å². The first kappa shape index (κ1) is 20.1. The Hall–Kier alpha value is -1.23. The molecule has 0 amide bonds. The van der Waals surface area contributed by atoms with Crippen molar-refractivity contribution in [3.8, 4) is 0 Å². The van der Waals surface area contributed by atoms with Crippen LogP contribution in [-0.2, 0) is 20.0 Å². The number of benzene rings is 1. The number of rotatable bonds is 7. The molecule has 2 rings (SSSR count). The normalized spacial score (nSPS) is 19.7. The number of hydrogen-bond donors (Lipinski definition) is 2. The molecule has 0 spiro atoms. The first-order valence-corrected chi connectivity index (χ1v) is 11.3. The summed E-state index contributed by atoms with van der Waals surface area (Å²) in [6.45, 7) is 2.24. The van der Waals surface area contributed by atoms with Gasteiger partial charge in [0.05, 0.1) is 16.3 Å². The quantitative estimate of drug-likeness (QED) is 0.729. The van der Waals surface area contributed by atoms with Gasteiger partial charge in [0.1, 0.15) is 5.82 Å². The van der Waals surface area contributed by atoms with Crippen molar-refractivity contribution in [2.75, 3.05) is 23.6 Å². The van der Waals surface area contributed by atoms with Crippen LogP contribution in [0.2, 0.25) is 0 Å². The van der Waals surface area contributed by atoms with E-state index in [0.29, 0.717) is 19.4 Å². The van der Waals surface area contributed by atoms with Crippen molar-refractivity contribution >= 4 is 25.7 Å². The number of nitrogens with one attached hydrogen (secondary N) is 1. The van der Waals surface area contributed by atoms with Crippen molar-refractivity contribution in [1.29, 1.82) is 0 Å². The van der Waals surface area contributed by atoms with Crippen LogP contribution in [0.5, 0.6) is 0 Å². The van der Waals surface area contributed by atoms with Gasteiger partial charge in [-0.05, 0) is 37.5 Å². The standard InChI is InChI=1S/C15H24FN3O4S2/c1-2-9-24(20,21)18-15-7-6-13(10-14(15)16)25(22,23)19-8-4-3-5-12(19)11-17/h6-7,10,12,18H,2-5,8-9,11,17H2,1H3. The molecule has 0 aromatic heterocycles. The van der Waals surface area contributed by atoms with E-state index in [2.05, 4.69) is 4.72 Å². The summed E-state index contributed by atoms with van der Waals surface area (Å²) in [5.74, 6) is -1.07. The Morgan fingerprint density at radius 3 is 2.60 bits per heavy atom. The highest BCUT2D eigenvalue weighted by Gasteiger charge is 2.33. The lowest BCUT2D eigenvalue weighted by Gasteiger charge is -2.33. The first-order chi connectivity index (χ1) is 11.7. The van der Waals surface area contributed by atoms with Crippen LogP contribution in [0.15, 0.2) is 23.1 Å². The molecule has 1 saturated heterocycles. The summed E-state index contributed by atoms with van der Waals surface area (Å²) in [5, 5.41) is 0. The topological polar surface area (TPSA) is 110 Å². The maximum absolute atomic E-state index is 14.3. The second kappa shape index (κ2) is 7.98. The molecule has 1 aromatic carbocycles. The van der Waals surface area contributed by atoms with Crippen LogP contribution in [0.4, 0.5) is 10.1 Å². The van der Waals surface area contributed by atoms with Gasteiger partial charge in [-0.2, -0.15) is 4.31 Å². The fraction of sp³-hybridized carbons (Fsp3) is 0.600. The fourth-order valence-electron chi connectivity index (χ4n) is 2.89. The Morgan fingerprint density at radius 2 is 2.00 bits per heavy atom. The number of nitrogens with zero attached hydrogens (tertiary/aromatic N) is 1. The molecule has 1 aliphatic rings. The molecule has 1 aromatic rings. The molecular formula is C15H24FN3O4S2. The lowest BCUT2D eigenvalue weighted by atomic mass is 10.1. The van der Waals surface area contributed by atoms with E-state index in [9.17, 15) is 21.2 Å². The van der Waals surface area contributed by atoms with E-state index in [1.165, 1.54) is 10.4 Å². The van der Waals surface area contributed by atoms with Crippen molar-refractivity contribution in [3.63, 3.8) is 0 Å². The van der Waals surface area contributed by atoms with E-state index in [4.69, 9.17) is 5.73 Å². The van der Waals surface area contributed by atoms with Crippen molar-refractivity contribution in [2.45, 2.75) is 43.5 Å². The molecule has 25 heavy (non-hydrogen) atoms. The van der Waals surface area contributed by atoms with Crippen LogP contribution < -0.4 is 10.5 Å². The average molecular weight is 394 g/mol. The van der Waals surface area contributed by atoms with Crippen molar-refractivity contribution < 1.29 is 21.2 Å². The van der Waals surface area contributed by atoms with Gasteiger partial charge in [0, 0.05) is 19.1 Å². The second-order valence-corrected chi connectivity index (χ2v) is 9.80. The largest absolute Gasteiger partial charge is 0.329 e. The van der Waals surface area contributed by atoms with E-state index in [0.717, 1.165) is 25.0 Å². The molecule has 142 valence electrons. The van der Waals surface area contributed by atoms with Crippen molar-refractivity contribution in [2.24, 2.45) is 5.73 Å². The molecule has 0 saturated carbocycles. The Kier molecular flexibility index (Phi) is 6.41. The summed E-state index contributed by atoms with van der Waals surface area (Å²) in [6.07, 6.45) is 2.69. The highest BCUT2D eigenvalue weighted by atomic mass is 32.2. The zero-order valence-corrected chi connectivity index (χ0v) is 15.7. The van der Waals surface area contributed by atoms with E-state index in [1.807, 2.05) is 0 Å². The van der Waals surface area contributed by atoms with Gasteiger partial charge in [0.15, 0.2) is 0 Å². The van der Waals surface area contributed by atoms with Crippen LogP contribution in [0, 0.1) is 5.82 Å². The van der Waals surface area contributed by atoms with Crippen molar-refractivity contribution in [1.82, 2.24) is 4.31 Å². The summed E-state index contributed by atoms with van der Waals surface area (Å²) in [6, 6.07) is 2.90. The molecule has 7 nitrogen and oxygen atoms in total. The van der Waals surface area contributed by atoms with Crippen LogP contribution in [-0.4, -0.2) is 46.0 Å².